The van der Waals surface area contributed by atoms with Crippen molar-refractivity contribution in [3.63, 3.8) is 0 Å². The fourth-order valence-electron chi connectivity index (χ4n) is 1.68. The van der Waals surface area contributed by atoms with E-state index in [1.807, 2.05) is 0 Å². The standard InChI is InChI=1S/C13H16N4O5/c1-13(2,3)22-12(20)14-8-5-7(10(18)19)6-17-9(8)15-11(16-17)21-4/h5-6H,1-4H3,(H,14,20)(H,18,19). The maximum absolute atomic E-state index is 11.9. The Labute approximate surface area is 125 Å². The van der Waals surface area contributed by atoms with Gasteiger partial charge in [0.05, 0.1) is 18.4 Å². The summed E-state index contributed by atoms with van der Waals surface area (Å²) in [5, 5.41) is 15.5. The van der Waals surface area contributed by atoms with Crippen molar-refractivity contribution in [2.24, 2.45) is 0 Å². The molecule has 2 N–H and O–H groups in total. The van der Waals surface area contributed by atoms with Gasteiger partial charge in [0.1, 0.15) is 5.60 Å². The number of methoxy groups -OCH3 is 1. The predicted molar refractivity (Wildman–Crippen MR) is 76.4 cm³/mol. The molecule has 0 aliphatic carbocycles. The molecule has 22 heavy (non-hydrogen) atoms. The Hall–Kier alpha value is -2.84. The lowest BCUT2D eigenvalue weighted by Gasteiger charge is -2.19. The van der Waals surface area contributed by atoms with Crippen LogP contribution in [0.25, 0.3) is 5.65 Å². The second kappa shape index (κ2) is 5.51. The molecule has 0 saturated heterocycles. The number of aromatic nitrogens is 3. The fraction of sp³-hybridized carbons (Fsp3) is 0.385. The average molecular weight is 308 g/mol. The van der Waals surface area contributed by atoms with Crippen molar-refractivity contribution in [3.05, 3.63) is 17.8 Å². The number of hydrogen-bond acceptors (Lipinski definition) is 6. The summed E-state index contributed by atoms with van der Waals surface area (Å²) in [7, 11) is 1.38. The van der Waals surface area contributed by atoms with Gasteiger partial charge >= 0.3 is 18.1 Å². The van der Waals surface area contributed by atoms with E-state index in [9.17, 15) is 9.59 Å². The van der Waals surface area contributed by atoms with Crippen molar-refractivity contribution in [1.82, 2.24) is 14.6 Å². The van der Waals surface area contributed by atoms with E-state index in [1.54, 1.807) is 20.8 Å². The first-order valence-electron chi connectivity index (χ1n) is 6.37. The molecule has 0 aliphatic heterocycles. The van der Waals surface area contributed by atoms with Crippen molar-refractivity contribution in [1.29, 1.82) is 0 Å². The van der Waals surface area contributed by atoms with Crippen molar-refractivity contribution < 1.29 is 24.2 Å². The molecule has 0 atom stereocenters. The molecular formula is C13H16N4O5. The van der Waals surface area contributed by atoms with Crippen LogP contribution in [0, 0.1) is 0 Å². The van der Waals surface area contributed by atoms with Gasteiger partial charge < -0.3 is 14.6 Å². The normalized spacial score (nSPS) is 11.3. The number of hydrogen-bond donors (Lipinski definition) is 2. The number of rotatable bonds is 3. The number of pyridine rings is 1. The van der Waals surface area contributed by atoms with Crippen molar-refractivity contribution in [3.8, 4) is 6.01 Å². The molecule has 2 aromatic rings. The topological polar surface area (TPSA) is 115 Å². The number of nitrogens with zero attached hydrogens (tertiary/aromatic N) is 3. The number of carbonyl (C=O) groups is 2. The number of anilines is 1. The molecule has 0 fully saturated rings. The molecule has 9 nitrogen and oxygen atoms in total. The molecule has 1 amide bonds. The first kappa shape index (κ1) is 15.5. The van der Waals surface area contributed by atoms with Crippen molar-refractivity contribution in [2.75, 3.05) is 12.4 Å². The lowest BCUT2D eigenvalue weighted by Crippen LogP contribution is -2.27. The zero-order valence-corrected chi connectivity index (χ0v) is 12.6. The highest BCUT2D eigenvalue weighted by Crippen LogP contribution is 2.21. The van der Waals surface area contributed by atoms with Gasteiger partial charge in [-0.2, -0.15) is 4.98 Å². The highest BCUT2D eigenvalue weighted by atomic mass is 16.6. The van der Waals surface area contributed by atoms with E-state index < -0.39 is 17.7 Å². The number of carbonyl (C=O) groups excluding carboxylic acids is 1. The molecular weight excluding hydrogens is 292 g/mol. The number of amides is 1. The van der Waals surface area contributed by atoms with Gasteiger partial charge in [0.15, 0.2) is 5.65 Å². The maximum Gasteiger partial charge on any atom is 0.412 e. The maximum atomic E-state index is 11.9. The summed E-state index contributed by atoms with van der Waals surface area (Å²) in [5.41, 5.74) is -0.348. The highest BCUT2D eigenvalue weighted by molar-refractivity contribution is 5.94. The van der Waals surface area contributed by atoms with Gasteiger partial charge in [0.25, 0.3) is 0 Å². The van der Waals surface area contributed by atoms with Crippen LogP contribution in [0.5, 0.6) is 6.01 Å². The Morgan fingerprint density at radius 1 is 1.36 bits per heavy atom. The summed E-state index contributed by atoms with van der Waals surface area (Å²) in [6.45, 7) is 5.15. The van der Waals surface area contributed by atoms with Gasteiger partial charge in [-0.15, -0.1) is 5.10 Å². The molecule has 0 bridgehead atoms. The predicted octanol–water partition coefficient (Wildman–Crippen LogP) is 1.78. The Morgan fingerprint density at radius 3 is 2.59 bits per heavy atom. The van der Waals surface area contributed by atoms with Crippen LogP contribution in [0.4, 0.5) is 10.5 Å². The molecule has 0 spiro atoms. The van der Waals surface area contributed by atoms with Gasteiger partial charge in [-0.25, -0.2) is 14.1 Å². The van der Waals surface area contributed by atoms with Crippen LogP contribution >= 0.6 is 0 Å². The second-order valence-electron chi connectivity index (χ2n) is 5.44. The van der Waals surface area contributed by atoms with Gasteiger partial charge in [-0.05, 0) is 26.8 Å². The lowest BCUT2D eigenvalue weighted by molar-refractivity contribution is 0.0632. The third-order valence-corrected chi connectivity index (χ3v) is 2.48. The van der Waals surface area contributed by atoms with Crippen LogP contribution in [-0.4, -0.2) is 44.5 Å². The lowest BCUT2D eigenvalue weighted by atomic mass is 10.2. The van der Waals surface area contributed by atoms with Crippen LogP contribution in [0.3, 0.4) is 0 Å². The minimum Gasteiger partial charge on any atom is -0.478 e. The largest absolute Gasteiger partial charge is 0.478 e. The van der Waals surface area contributed by atoms with Gasteiger partial charge in [0, 0.05) is 6.20 Å². The van der Waals surface area contributed by atoms with Crippen LogP contribution in [-0.2, 0) is 4.74 Å². The molecule has 2 aromatic heterocycles. The summed E-state index contributed by atoms with van der Waals surface area (Å²) in [6.07, 6.45) is 0.548. The average Bonchev–Trinajstić information content (AvgIpc) is 2.79. The van der Waals surface area contributed by atoms with Gasteiger partial charge in [-0.1, -0.05) is 0 Å². The Bertz CT molecular complexity index is 732. The Kier molecular flexibility index (Phi) is 3.89. The summed E-state index contributed by atoms with van der Waals surface area (Å²) in [4.78, 5) is 27.1. The minimum absolute atomic E-state index is 0.0507. The summed E-state index contributed by atoms with van der Waals surface area (Å²) in [6, 6.07) is 1.32. The quantitative estimate of drug-likeness (QED) is 0.888. The third kappa shape index (κ3) is 3.43. The number of nitrogens with one attached hydrogen (secondary N) is 1. The van der Waals surface area contributed by atoms with Crippen LogP contribution in [0.1, 0.15) is 31.1 Å². The molecule has 0 unspecified atom stereocenters. The van der Waals surface area contributed by atoms with E-state index in [1.165, 1.54) is 23.9 Å². The van der Waals surface area contributed by atoms with E-state index in [-0.39, 0.29) is 22.9 Å². The van der Waals surface area contributed by atoms with E-state index in [2.05, 4.69) is 15.4 Å². The fourth-order valence-corrected chi connectivity index (χ4v) is 1.68. The van der Waals surface area contributed by atoms with E-state index in [4.69, 9.17) is 14.6 Å². The van der Waals surface area contributed by atoms with Crippen LogP contribution in [0.15, 0.2) is 12.3 Å². The SMILES string of the molecule is COc1nc2c(NC(=O)OC(C)(C)C)cc(C(=O)O)cn2n1. The van der Waals surface area contributed by atoms with Crippen molar-refractivity contribution in [2.45, 2.75) is 26.4 Å². The molecule has 9 heteroatoms. The monoisotopic (exact) mass is 308 g/mol. The first-order chi connectivity index (χ1) is 10.2. The highest BCUT2D eigenvalue weighted by Gasteiger charge is 2.19. The van der Waals surface area contributed by atoms with E-state index in [0.29, 0.717) is 0 Å². The smallest absolute Gasteiger partial charge is 0.412 e. The van der Waals surface area contributed by atoms with Gasteiger partial charge in [0.2, 0.25) is 0 Å². The molecule has 0 aliphatic rings. The second-order valence-corrected chi connectivity index (χ2v) is 5.44. The number of fused-ring (bicyclic) bond motifs is 1. The summed E-state index contributed by atoms with van der Waals surface area (Å²) >= 11 is 0. The van der Waals surface area contributed by atoms with Crippen LogP contribution < -0.4 is 10.1 Å². The molecule has 118 valence electrons. The van der Waals surface area contributed by atoms with Gasteiger partial charge in [-0.3, -0.25) is 5.32 Å². The Balaban J connectivity index is 2.43. The molecule has 0 saturated carbocycles. The van der Waals surface area contributed by atoms with Crippen LogP contribution in [0.2, 0.25) is 0 Å². The molecule has 0 radical (unpaired) electrons. The first-order valence-corrected chi connectivity index (χ1v) is 6.37. The Morgan fingerprint density at radius 2 is 2.05 bits per heavy atom. The molecule has 2 rings (SSSR count). The minimum atomic E-state index is -1.16. The summed E-state index contributed by atoms with van der Waals surface area (Å²) < 4.78 is 11.3. The third-order valence-electron chi connectivity index (χ3n) is 2.48. The number of aromatic carboxylic acids is 1. The molecule has 0 aromatic carbocycles. The van der Waals surface area contributed by atoms with E-state index in [0.717, 1.165) is 0 Å². The number of carboxylic acid groups (broad SMARTS) is 1. The zero-order chi connectivity index (χ0) is 16.5. The van der Waals surface area contributed by atoms with E-state index >= 15 is 0 Å². The number of ether oxygens (including phenoxy) is 2. The number of carboxylic acids is 1. The summed E-state index contributed by atoms with van der Waals surface area (Å²) in [5.74, 6) is -1.16. The molecule has 2 heterocycles. The van der Waals surface area contributed by atoms with Crippen molar-refractivity contribution >= 4 is 23.4 Å². The zero-order valence-electron chi connectivity index (χ0n) is 12.6.